The quantitative estimate of drug-likeness (QED) is 0.488. The van der Waals surface area contributed by atoms with Gasteiger partial charge in [-0.1, -0.05) is 0 Å². The summed E-state index contributed by atoms with van der Waals surface area (Å²) < 4.78 is 61.7. The van der Waals surface area contributed by atoms with Gasteiger partial charge in [-0.3, -0.25) is 14.5 Å². The highest BCUT2D eigenvalue weighted by Gasteiger charge is 2.33. The van der Waals surface area contributed by atoms with Crippen molar-refractivity contribution in [3.63, 3.8) is 0 Å². The molecule has 0 spiro atoms. The summed E-state index contributed by atoms with van der Waals surface area (Å²) in [6.07, 6.45) is -0.863. The van der Waals surface area contributed by atoms with Crippen LogP contribution in [0.4, 0.5) is 28.9 Å². The molecule has 2 aliphatic rings. The van der Waals surface area contributed by atoms with Crippen LogP contribution in [0.1, 0.15) is 12.8 Å². The van der Waals surface area contributed by atoms with Crippen LogP contribution in [-0.4, -0.2) is 75.2 Å². The molecule has 2 fully saturated rings. The highest BCUT2D eigenvalue weighted by atomic mass is 19.3. The first-order valence-corrected chi connectivity index (χ1v) is 10.3. The predicted octanol–water partition coefficient (Wildman–Crippen LogP) is 1.89. The number of anilines is 2. The van der Waals surface area contributed by atoms with Gasteiger partial charge < -0.3 is 25.4 Å². The first-order valence-electron chi connectivity index (χ1n) is 10.3. The summed E-state index contributed by atoms with van der Waals surface area (Å²) in [4.78, 5) is 27.6. The number of amides is 2. The zero-order valence-corrected chi connectivity index (χ0v) is 17.3. The number of carbonyl (C=O) groups excluding carboxylic acids is 2. The van der Waals surface area contributed by atoms with Gasteiger partial charge in [0.2, 0.25) is 5.91 Å². The van der Waals surface area contributed by atoms with Crippen LogP contribution in [0.2, 0.25) is 0 Å². The maximum Gasteiger partial charge on any atom is 0.387 e. The second kappa shape index (κ2) is 10.9. The number of nitrogens with zero attached hydrogens (tertiary/aromatic N) is 2. The molecule has 32 heavy (non-hydrogen) atoms. The minimum Gasteiger partial charge on any atom is -0.433 e. The van der Waals surface area contributed by atoms with E-state index in [1.807, 2.05) is 0 Å². The Morgan fingerprint density at radius 1 is 1.31 bits per heavy atom. The van der Waals surface area contributed by atoms with E-state index in [9.17, 15) is 27.2 Å². The molecule has 0 aromatic heterocycles. The van der Waals surface area contributed by atoms with Crippen LogP contribution in [0.15, 0.2) is 18.2 Å². The number of alkyl halides is 4. The second-order valence-corrected chi connectivity index (χ2v) is 7.69. The summed E-state index contributed by atoms with van der Waals surface area (Å²) in [6.45, 7) is -3.34. The Morgan fingerprint density at radius 3 is 2.66 bits per heavy atom. The van der Waals surface area contributed by atoms with Crippen LogP contribution in [0.25, 0.3) is 0 Å². The lowest BCUT2D eigenvalue weighted by Gasteiger charge is -2.30. The van der Waals surface area contributed by atoms with Crippen LogP contribution >= 0.6 is 0 Å². The average molecular weight is 462 g/mol. The van der Waals surface area contributed by atoms with Crippen LogP contribution in [0.5, 0.6) is 5.75 Å². The topological polar surface area (TPSA) is 97.1 Å². The number of nitrogens with one attached hydrogen (secondary N) is 1. The zero-order valence-electron chi connectivity index (χ0n) is 17.3. The molecule has 1 aliphatic carbocycles. The lowest BCUT2D eigenvalue weighted by Crippen LogP contribution is -2.51. The normalized spacial score (nSPS) is 17.9. The van der Waals surface area contributed by atoms with E-state index >= 15 is 0 Å². The number of benzene rings is 1. The highest BCUT2D eigenvalue weighted by Crippen LogP contribution is 2.33. The molecule has 3 rings (SSSR count). The number of rotatable bonds is 11. The van der Waals surface area contributed by atoms with Gasteiger partial charge in [-0.15, -0.1) is 0 Å². The third-order valence-corrected chi connectivity index (χ3v) is 5.27. The fraction of sp³-hybridized carbons (Fsp3) is 0.600. The Bertz CT molecular complexity index is 806. The van der Waals surface area contributed by atoms with Crippen molar-refractivity contribution in [1.29, 1.82) is 0 Å². The summed E-state index contributed by atoms with van der Waals surface area (Å²) in [5.41, 5.74) is 5.92. The molecule has 1 aromatic rings. The molecule has 0 bridgehead atoms. The molecule has 3 N–H and O–H groups in total. The van der Waals surface area contributed by atoms with Gasteiger partial charge in [0.25, 0.3) is 12.3 Å². The lowest BCUT2D eigenvalue weighted by molar-refractivity contribution is -0.125. The minimum absolute atomic E-state index is 0.0818. The van der Waals surface area contributed by atoms with E-state index in [0.717, 1.165) is 12.8 Å². The van der Waals surface area contributed by atoms with E-state index in [4.69, 9.17) is 10.5 Å². The summed E-state index contributed by atoms with van der Waals surface area (Å²) in [5, 5.41) is 2.46. The lowest BCUT2D eigenvalue weighted by atomic mass is 10.1. The Kier molecular flexibility index (Phi) is 8.26. The molecule has 1 heterocycles. The predicted molar refractivity (Wildman–Crippen MR) is 108 cm³/mol. The Morgan fingerprint density at radius 2 is 2.06 bits per heavy atom. The number of ether oxygens (including phenoxy) is 2. The van der Waals surface area contributed by atoms with Crippen LogP contribution in [0.3, 0.4) is 0 Å². The monoisotopic (exact) mass is 462 g/mol. The molecule has 178 valence electrons. The van der Waals surface area contributed by atoms with Gasteiger partial charge in [0.05, 0.1) is 18.8 Å². The van der Waals surface area contributed by atoms with Crippen molar-refractivity contribution in [1.82, 2.24) is 4.90 Å². The summed E-state index contributed by atoms with van der Waals surface area (Å²) in [7, 11) is 0. The van der Waals surface area contributed by atoms with E-state index in [1.165, 1.54) is 28.0 Å². The molecular formula is C20H26F4N4O4. The van der Waals surface area contributed by atoms with Crippen LogP contribution < -0.4 is 20.7 Å². The van der Waals surface area contributed by atoms with Crippen molar-refractivity contribution in [2.75, 3.05) is 49.6 Å². The van der Waals surface area contributed by atoms with E-state index < -0.39 is 31.5 Å². The standard InChI is InChI=1S/C20H26F4N4O4/c21-17(22)10-27(9-12-1-2-12)15(8-25)19(30)26-14-4-3-13(7-16(14)32-20(23)24)28-5-6-31-11-18(28)29/h3-4,7,12,15,17,20H,1-2,5-6,8-11,25H2,(H,26,30)/t15-/m1/s1. The van der Waals surface area contributed by atoms with E-state index in [1.54, 1.807) is 0 Å². The average Bonchev–Trinajstić information content (AvgIpc) is 3.53. The second-order valence-electron chi connectivity index (χ2n) is 7.69. The van der Waals surface area contributed by atoms with Gasteiger partial charge in [0.1, 0.15) is 12.6 Å². The van der Waals surface area contributed by atoms with Crippen molar-refractivity contribution < 1.29 is 36.6 Å². The summed E-state index contributed by atoms with van der Waals surface area (Å²) in [6, 6.07) is 2.93. The largest absolute Gasteiger partial charge is 0.433 e. The number of halogens is 4. The molecule has 1 saturated carbocycles. The van der Waals surface area contributed by atoms with Gasteiger partial charge in [-0.05, 0) is 30.9 Å². The molecule has 0 radical (unpaired) electrons. The first kappa shape index (κ1) is 24.2. The zero-order chi connectivity index (χ0) is 23.3. The van der Waals surface area contributed by atoms with Crippen molar-refractivity contribution >= 4 is 23.2 Å². The fourth-order valence-electron chi connectivity index (χ4n) is 3.54. The van der Waals surface area contributed by atoms with Crippen molar-refractivity contribution in [2.45, 2.75) is 31.9 Å². The fourth-order valence-corrected chi connectivity index (χ4v) is 3.54. The SMILES string of the molecule is NC[C@H](C(=O)Nc1ccc(N2CCOCC2=O)cc1OC(F)F)N(CC(F)F)CC1CC1. The number of morpholine rings is 1. The Labute approximate surface area is 182 Å². The third kappa shape index (κ3) is 6.53. The summed E-state index contributed by atoms with van der Waals surface area (Å²) >= 11 is 0. The molecule has 1 saturated heterocycles. The van der Waals surface area contributed by atoms with Crippen molar-refractivity contribution in [2.24, 2.45) is 11.7 Å². The molecule has 2 amide bonds. The highest BCUT2D eigenvalue weighted by molar-refractivity contribution is 5.98. The van der Waals surface area contributed by atoms with Gasteiger partial charge in [-0.2, -0.15) is 8.78 Å². The first-order chi connectivity index (χ1) is 15.3. The van der Waals surface area contributed by atoms with E-state index in [-0.39, 0.29) is 49.6 Å². The van der Waals surface area contributed by atoms with Crippen LogP contribution in [0, 0.1) is 5.92 Å². The molecule has 1 aliphatic heterocycles. The van der Waals surface area contributed by atoms with Crippen molar-refractivity contribution in [3.8, 4) is 5.75 Å². The van der Waals surface area contributed by atoms with Crippen molar-refractivity contribution in [3.05, 3.63) is 18.2 Å². The maximum absolute atomic E-state index is 13.0. The summed E-state index contributed by atoms with van der Waals surface area (Å²) in [5.74, 6) is -1.17. The Hall–Kier alpha value is -2.44. The van der Waals surface area contributed by atoms with Gasteiger partial charge in [0.15, 0.2) is 5.75 Å². The molecule has 0 unspecified atom stereocenters. The Balaban J connectivity index is 1.79. The molecule has 1 atom stereocenters. The van der Waals surface area contributed by atoms with E-state index in [2.05, 4.69) is 10.1 Å². The molecule has 12 heteroatoms. The van der Waals surface area contributed by atoms with Crippen LogP contribution in [-0.2, 0) is 14.3 Å². The number of hydrogen-bond donors (Lipinski definition) is 2. The maximum atomic E-state index is 13.0. The molecule has 8 nitrogen and oxygen atoms in total. The molecule has 1 aromatic carbocycles. The smallest absolute Gasteiger partial charge is 0.387 e. The van der Waals surface area contributed by atoms with Gasteiger partial charge in [-0.25, -0.2) is 8.78 Å². The van der Waals surface area contributed by atoms with E-state index in [0.29, 0.717) is 12.2 Å². The van der Waals surface area contributed by atoms with Gasteiger partial charge in [0, 0.05) is 31.4 Å². The number of nitrogens with two attached hydrogens (primary N) is 1. The number of hydrogen-bond acceptors (Lipinski definition) is 6. The molecular weight excluding hydrogens is 436 g/mol. The van der Waals surface area contributed by atoms with Gasteiger partial charge >= 0.3 is 6.61 Å². The third-order valence-electron chi connectivity index (χ3n) is 5.27. The number of carbonyl (C=O) groups is 2. The minimum atomic E-state index is -3.18.